The van der Waals surface area contributed by atoms with Gasteiger partial charge >= 0.3 is 5.69 Å². The van der Waals surface area contributed by atoms with Crippen LogP contribution >= 0.6 is 11.8 Å². The fourth-order valence-electron chi connectivity index (χ4n) is 3.24. The SMILES string of the molecule is CCN(CC)C(=O)C(Sc1n[nH]c(=O)n1CC1CCCO1)c1ccccc1. The molecule has 0 bridgehead atoms. The second kappa shape index (κ2) is 9.23. The molecule has 3 rings (SSSR count). The highest BCUT2D eigenvalue weighted by atomic mass is 32.2. The van der Waals surface area contributed by atoms with E-state index in [2.05, 4.69) is 10.2 Å². The molecule has 1 aromatic heterocycles. The van der Waals surface area contributed by atoms with Crippen LogP contribution in [0.3, 0.4) is 0 Å². The fourth-order valence-corrected chi connectivity index (χ4v) is 4.38. The molecule has 1 aliphatic rings. The monoisotopic (exact) mass is 390 g/mol. The van der Waals surface area contributed by atoms with E-state index in [9.17, 15) is 9.59 Å². The molecule has 1 amide bonds. The maximum Gasteiger partial charge on any atom is 0.344 e. The molecule has 27 heavy (non-hydrogen) atoms. The van der Waals surface area contributed by atoms with Crippen molar-refractivity contribution in [3.63, 3.8) is 0 Å². The molecule has 2 unspecified atom stereocenters. The average molecular weight is 391 g/mol. The molecule has 1 aliphatic heterocycles. The number of ether oxygens (including phenoxy) is 1. The predicted octanol–water partition coefficient (Wildman–Crippen LogP) is 2.45. The van der Waals surface area contributed by atoms with E-state index in [1.807, 2.05) is 44.2 Å². The number of aromatic nitrogens is 3. The van der Waals surface area contributed by atoms with Crippen molar-refractivity contribution in [2.24, 2.45) is 0 Å². The molecular formula is C19H26N4O3S. The van der Waals surface area contributed by atoms with Gasteiger partial charge in [0.2, 0.25) is 5.91 Å². The molecule has 1 aromatic carbocycles. The van der Waals surface area contributed by atoms with Crippen molar-refractivity contribution in [3.8, 4) is 0 Å². The lowest BCUT2D eigenvalue weighted by Crippen LogP contribution is -2.34. The number of carbonyl (C=O) groups is 1. The lowest BCUT2D eigenvalue weighted by Gasteiger charge is -2.25. The molecule has 146 valence electrons. The first-order chi connectivity index (χ1) is 13.1. The van der Waals surface area contributed by atoms with Gasteiger partial charge in [-0.05, 0) is 32.3 Å². The van der Waals surface area contributed by atoms with Crippen molar-refractivity contribution < 1.29 is 9.53 Å². The first kappa shape index (κ1) is 19.7. The summed E-state index contributed by atoms with van der Waals surface area (Å²) in [6.45, 7) is 6.41. The summed E-state index contributed by atoms with van der Waals surface area (Å²) in [5, 5.41) is 6.76. The molecule has 0 radical (unpaired) electrons. The first-order valence-corrected chi connectivity index (χ1v) is 10.3. The van der Waals surface area contributed by atoms with E-state index in [1.165, 1.54) is 11.8 Å². The van der Waals surface area contributed by atoms with Crippen LogP contribution in [-0.4, -0.2) is 51.4 Å². The third kappa shape index (κ3) is 4.62. The highest BCUT2D eigenvalue weighted by Crippen LogP contribution is 2.35. The normalized spacial score (nSPS) is 17.8. The highest BCUT2D eigenvalue weighted by Gasteiger charge is 2.29. The summed E-state index contributed by atoms with van der Waals surface area (Å²) < 4.78 is 7.25. The largest absolute Gasteiger partial charge is 0.376 e. The van der Waals surface area contributed by atoms with Gasteiger partial charge in [0.05, 0.1) is 12.6 Å². The van der Waals surface area contributed by atoms with Crippen LogP contribution in [0.15, 0.2) is 40.3 Å². The topological polar surface area (TPSA) is 80.2 Å². The summed E-state index contributed by atoms with van der Waals surface area (Å²) in [6.07, 6.45) is 1.96. The molecular weight excluding hydrogens is 364 g/mol. The van der Waals surface area contributed by atoms with Gasteiger partial charge in [0, 0.05) is 19.7 Å². The van der Waals surface area contributed by atoms with Crippen LogP contribution < -0.4 is 5.69 Å². The average Bonchev–Trinajstić information content (AvgIpc) is 3.33. The summed E-state index contributed by atoms with van der Waals surface area (Å²) in [6, 6.07) is 9.64. The fraction of sp³-hybridized carbons (Fsp3) is 0.526. The second-order valence-corrected chi connectivity index (χ2v) is 7.55. The van der Waals surface area contributed by atoms with Crippen LogP contribution in [-0.2, 0) is 16.1 Å². The van der Waals surface area contributed by atoms with Crippen LogP contribution in [0.1, 0.15) is 37.5 Å². The van der Waals surface area contributed by atoms with Gasteiger partial charge in [-0.2, -0.15) is 0 Å². The number of nitrogens with one attached hydrogen (secondary N) is 1. The predicted molar refractivity (Wildman–Crippen MR) is 105 cm³/mol. The van der Waals surface area contributed by atoms with E-state index in [4.69, 9.17) is 4.74 Å². The number of H-pyrrole nitrogens is 1. The Bertz CT molecular complexity index is 795. The van der Waals surface area contributed by atoms with E-state index < -0.39 is 5.25 Å². The summed E-state index contributed by atoms with van der Waals surface area (Å²) in [4.78, 5) is 27.2. The summed E-state index contributed by atoms with van der Waals surface area (Å²) in [5.74, 6) is 0.0234. The maximum atomic E-state index is 13.1. The Morgan fingerprint density at radius 3 is 2.74 bits per heavy atom. The highest BCUT2D eigenvalue weighted by molar-refractivity contribution is 8.00. The van der Waals surface area contributed by atoms with Gasteiger partial charge in [-0.25, -0.2) is 9.89 Å². The summed E-state index contributed by atoms with van der Waals surface area (Å²) >= 11 is 1.31. The van der Waals surface area contributed by atoms with Crippen LogP contribution in [0.2, 0.25) is 0 Å². The second-order valence-electron chi connectivity index (χ2n) is 6.48. The van der Waals surface area contributed by atoms with Gasteiger partial charge in [-0.3, -0.25) is 9.36 Å². The number of hydrogen-bond acceptors (Lipinski definition) is 5. The van der Waals surface area contributed by atoms with Gasteiger partial charge in [0.25, 0.3) is 0 Å². The van der Waals surface area contributed by atoms with Gasteiger partial charge in [0.1, 0.15) is 5.25 Å². The zero-order valence-electron chi connectivity index (χ0n) is 15.8. The van der Waals surface area contributed by atoms with Gasteiger partial charge in [-0.1, -0.05) is 42.1 Å². The van der Waals surface area contributed by atoms with Crippen molar-refractivity contribution in [2.75, 3.05) is 19.7 Å². The first-order valence-electron chi connectivity index (χ1n) is 9.41. The van der Waals surface area contributed by atoms with E-state index in [0.29, 0.717) is 24.8 Å². The maximum absolute atomic E-state index is 13.1. The Kier molecular flexibility index (Phi) is 6.73. The molecule has 1 fully saturated rings. The van der Waals surface area contributed by atoms with E-state index in [-0.39, 0.29) is 17.7 Å². The third-order valence-electron chi connectivity index (χ3n) is 4.76. The Labute approximate surface area is 163 Å². The summed E-state index contributed by atoms with van der Waals surface area (Å²) in [5.41, 5.74) is 0.633. The lowest BCUT2D eigenvalue weighted by atomic mass is 10.1. The Morgan fingerprint density at radius 1 is 1.37 bits per heavy atom. The van der Waals surface area contributed by atoms with Crippen molar-refractivity contribution in [1.29, 1.82) is 0 Å². The number of nitrogens with zero attached hydrogens (tertiary/aromatic N) is 3. The zero-order chi connectivity index (χ0) is 19.2. The molecule has 2 heterocycles. The van der Waals surface area contributed by atoms with E-state index >= 15 is 0 Å². The molecule has 1 N–H and O–H groups in total. The molecule has 1 saturated heterocycles. The van der Waals surface area contributed by atoms with Crippen LogP contribution in [0.4, 0.5) is 0 Å². The Hall–Kier alpha value is -2.06. The molecule has 2 aromatic rings. The number of rotatable bonds is 8. The Balaban J connectivity index is 1.88. The number of likely N-dealkylation sites (N-methyl/N-ethyl adjacent to an activating group) is 1. The number of amides is 1. The molecule has 7 nitrogen and oxygen atoms in total. The quantitative estimate of drug-likeness (QED) is 0.701. The number of thioether (sulfide) groups is 1. The molecule has 8 heteroatoms. The van der Waals surface area contributed by atoms with Crippen molar-refractivity contribution in [2.45, 2.75) is 49.7 Å². The van der Waals surface area contributed by atoms with Gasteiger partial charge < -0.3 is 9.64 Å². The van der Waals surface area contributed by atoms with Crippen molar-refractivity contribution in [3.05, 3.63) is 46.4 Å². The minimum absolute atomic E-state index is 0.0216. The summed E-state index contributed by atoms with van der Waals surface area (Å²) in [7, 11) is 0. The van der Waals surface area contributed by atoms with E-state index in [0.717, 1.165) is 25.0 Å². The van der Waals surface area contributed by atoms with Crippen molar-refractivity contribution >= 4 is 17.7 Å². The molecule has 0 saturated carbocycles. The van der Waals surface area contributed by atoms with Crippen LogP contribution in [0, 0.1) is 0 Å². The molecule has 0 spiro atoms. The lowest BCUT2D eigenvalue weighted by molar-refractivity contribution is -0.130. The van der Waals surface area contributed by atoms with Crippen LogP contribution in [0.25, 0.3) is 0 Å². The van der Waals surface area contributed by atoms with Crippen LogP contribution in [0.5, 0.6) is 0 Å². The molecule has 0 aliphatic carbocycles. The minimum Gasteiger partial charge on any atom is -0.376 e. The van der Waals surface area contributed by atoms with Crippen molar-refractivity contribution in [1.82, 2.24) is 19.7 Å². The van der Waals surface area contributed by atoms with Gasteiger partial charge in [-0.15, -0.1) is 5.10 Å². The van der Waals surface area contributed by atoms with Gasteiger partial charge in [0.15, 0.2) is 5.16 Å². The number of hydrogen-bond donors (Lipinski definition) is 1. The standard InChI is InChI=1S/C19H26N4O3S/c1-3-22(4-2)17(24)16(14-9-6-5-7-10-14)27-19-21-20-18(25)23(19)13-15-11-8-12-26-15/h5-7,9-10,15-16H,3-4,8,11-13H2,1-2H3,(H,20,25). The third-order valence-corrected chi connectivity index (χ3v) is 5.99. The number of benzene rings is 1. The zero-order valence-corrected chi connectivity index (χ0v) is 16.6. The minimum atomic E-state index is -0.454. The Morgan fingerprint density at radius 2 is 2.11 bits per heavy atom. The number of aromatic amines is 1. The van der Waals surface area contributed by atoms with E-state index in [1.54, 1.807) is 9.47 Å². The smallest absolute Gasteiger partial charge is 0.344 e. The molecule has 2 atom stereocenters. The number of carbonyl (C=O) groups excluding carboxylic acids is 1.